The average molecular weight is 210 g/mol. The number of carbonyl (C=O) groups is 1. The topological polar surface area (TPSA) is 69.0 Å². The minimum absolute atomic E-state index is 0.259. The summed E-state index contributed by atoms with van der Waals surface area (Å²) < 4.78 is 3.99. The van der Waals surface area contributed by atoms with Gasteiger partial charge in [-0.15, -0.1) is 0 Å². The summed E-state index contributed by atoms with van der Waals surface area (Å²) in [6.45, 7) is 1.74. The molecule has 5 nitrogen and oxygen atoms in total. The van der Waals surface area contributed by atoms with E-state index in [0.717, 1.165) is 11.5 Å². The van der Waals surface area contributed by atoms with Crippen LogP contribution in [-0.2, 0) is 0 Å². The largest absolute Gasteiger partial charge is 0.331 e. The Balaban J connectivity index is 2.88. The minimum Gasteiger partial charge on any atom is -0.331 e. The van der Waals surface area contributed by atoms with Gasteiger partial charge in [-0.1, -0.05) is 0 Å². The molecule has 1 N–H and O–H groups in total. The highest BCUT2D eigenvalue weighted by atomic mass is 32.1. The van der Waals surface area contributed by atoms with Crippen molar-refractivity contribution in [1.82, 2.24) is 9.27 Å². The Kier molecular flexibility index (Phi) is 3.04. The number of anilines is 1. The molecule has 0 saturated heterocycles. The molecule has 6 heteroatoms. The number of hydrogen-bond acceptors (Lipinski definition) is 4. The Hall–Kier alpha value is -1.61. The fourth-order valence-electron chi connectivity index (χ4n) is 0.796. The van der Waals surface area contributed by atoms with E-state index in [9.17, 15) is 4.79 Å². The van der Waals surface area contributed by atoms with Crippen molar-refractivity contribution in [2.45, 2.75) is 6.92 Å². The first kappa shape index (κ1) is 10.5. The molecule has 0 saturated carbocycles. The highest BCUT2D eigenvalue weighted by Crippen LogP contribution is 2.23. The maximum Gasteiger partial charge on any atom is 0.322 e. The molecule has 14 heavy (non-hydrogen) atoms. The van der Waals surface area contributed by atoms with Crippen molar-refractivity contribution in [1.29, 1.82) is 5.26 Å². The Morgan fingerprint density at radius 1 is 1.64 bits per heavy atom. The van der Waals surface area contributed by atoms with Crippen LogP contribution in [0.1, 0.15) is 11.3 Å². The zero-order valence-corrected chi connectivity index (χ0v) is 8.97. The normalized spacial score (nSPS) is 9.29. The second-order valence-electron chi connectivity index (χ2n) is 2.91. The number of nitriles is 1. The second kappa shape index (κ2) is 4.07. The van der Waals surface area contributed by atoms with Crippen LogP contribution < -0.4 is 5.32 Å². The van der Waals surface area contributed by atoms with Gasteiger partial charge in [-0.3, -0.25) is 5.32 Å². The molecule has 1 rings (SSSR count). The number of aromatic nitrogens is 1. The lowest BCUT2D eigenvalue weighted by Gasteiger charge is -2.10. The fourth-order valence-corrected chi connectivity index (χ4v) is 1.53. The Bertz CT molecular complexity index is 391. The number of rotatable bonds is 1. The first-order chi connectivity index (χ1) is 6.56. The molecule has 74 valence electrons. The number of urea groups is 1. The summed E-state index contributed by atoms with van der Waals surface area (Å²) in [5, 5.41) is 11.9. The predicted molar refractivity (Wildman–Crippen MR) is 54.3 cm³/mol. The van der Waals surface area contributed by atoms with Crippen LogP contribution in [0.15, 0.2) is 0 Å². The molecule has 0 radical (unpaired) electrons. The zero-order chi connectivity index (χ0) is 10.7. The van der Waals surface area contributed by atoms with Crippen molar-refractivity contribution < 1.29 is 4.79 Å². The van der Waals surface area contributed by atoms with Gasteiger partial charge >= 0.3 is 6.03 Å². The fraction of sp³-hybridized carbons (Fsp3) is 0.375. The molecule has 1 heterocycles. The van der Waals surface area contributed by atoms with Crippen molar-refractivity contribution in [3.63, 3.8) is 0 Å². The summed E-state index contributed by atoms with van der Waals surface area (Å²) in [6.07, 6.45) is 0. The van der Waals surface area contributed by atoms with E-state index in [1.54, 1.807) is 21.0 Å². The van der Waals surface area contributed by atoms with E-state index in [2.05, 4.69) is 9.69 Å². The minimum atomic E-state index is -0.259. The van der Waals surface area contributed by atoms with Crippen LogP contribution in [0.5, 0.6) is 0 Å². The maximum absolute atomic E-state index is 11.3. The molecule has 1 aromatic rings. The Morgan fingerprint density at radius 3 is 2.79 bits per heavy atom. The third-order valence-corrected chi connectivity index (χ3v) is 2.46. The van der Waals surface area contributed by atoms with Crippen LogP contribution in [0, 0.1) is 18.3 Å². The number of hydrogen-bond donors (Lipinski definition) is 1. The monoisotopic (exact) mass is 210 g/mol. The number of amides is 2. The van der Waals surface area contributed by atoms with Crippen LogP contribution in [0.4, 0.5) is 9.80 Å². The molecule has 0 atom stereocenters. The molecule has 0 aliphatic rings. The van der Waals surface area contributed by atoms with Crippen LogP contribution in [0.3, 0.4) is 0 Å². The molecule has 0 aliphatic carbocycles. The number of nitrogens with zero attached hydrogens (tertiary/aromatic N) is 3. The van der Waals surface area contributed by atoms with Gasteiger partial charge in [-0.05, 0) is 18.5 Å². The highest BCUT2D eigenvalue weighted by molar-refractivity contribution is 7.10. The molecule has 1 aromatic heterocycles. The predicted octanol–water partition coefficient (Wildman–Crippen LogP) is 1.42. The lowest BCUT2D eigenvalue weighted by molar-refractivity contribution is 0.231. The van der Waals surface area contributed by atoms with Gasteiger partial charge in [0, 0.05) is 14.1 Å². The molecular weight excluding hydrogens is 200 g/mol. The van der Waals surface area contributed by atoms with E-state index in [1.165, 1.54) is 4.90 Å². The van der Waals surface area contributed by atoms with Crippen LogP contribution in [-0.4, -0.2) is 29.4 Å². The molecule has 0 aromatic carbocycles. The lowest BCUT2D eigenvalue weighted by atomic mass is 10.3. The van der Waals surface area contributed by atoms with Gasteiger partial charge in [0.25, 0.3) is 0 Å². The third kappa shape index (κ3) is 2.00. The second-order valence-corrected chi connectivity index (χ2v) is 3.68. The van der Waals surface area contributed by atoms with Crippen LogP contribution in [0.25, 0.3) is 0 Å². The molecule has 2 amide bonds. The van der Waals surface area contributed by atoms with E-state index < -0.39 is 0 Å². The standard InChI is InChI=1S/C8H10N4OS/c1-5-6(4-9)7(14-11-5)10-8(13)12(2)3/h1-3H3,(H,10,13). The first-order valence-electron chi connectivity index (χ1n) is 3.91. The van der Waals surface area contributed by atoms with Gasteiger partial charge in [0.2, 0.25) is 0 Å². The van der Waals surface area contributed by atoms with E-state index >= 15 is 0 Å². The first-order valence-corrected chi connectivity index (χ1v) is 4.68. The highest BCUT2D eigenvalue weighted by Gasteiger charge is 2.13. The summed E-state index contributed by atoms with van der Waals surface area (Å²) >= 11 is 1.12. The van der Waals surface area contributed by atoms with E-state index in [1.807, 2.05) is 6.07 Å². The van der Waals surface area contributed by atoms with Gasteiger partial charge < -0.3 is 4.90 Å². The Labute approximate surface area is 86.1 Å². The zero-order valence-electron chi connectivity index (χ0n) is 8.16. The number of aryl methyl sites for hydroxylation is 1. The molecule has 0 spiro atoms. The SMILES string of the molecule is Cc1nsc(NC(=O)N(C)C)c1C#N. The number of nitrogens with one attached hydrogen (secondary N) is 1. The summed E-state index contributed by atoms with van der Waals surface area (Å²) in [7, 11) is 3.27. The summed E-state index contributed by atoms with van der Waals surface area (Å²) in [5.41, 5.74) is 1.08. The van der Waals surface area contributed by atoms with Gasteiger partial charge in [0.15, 0.2) is 0 Å². The molecular formula is C8H10N4OS. The summed E-state index contributed by atoms with van der Waals surface area (Å²) in [6, 6.07) is 1.74. The maximum atomic E-state index is 11.3. The Morgan fingerprint density at radius 2 is 2.29 bits per heavy atom. The van der Waals surface area contributed by atoms with Gasteiger partial charge in [-0.25, -0.2) is 4.79 Å². The quantitative estimate of drug-likeness (QED) is 0.762. The van der Waals surface area contributed by atoms with E-state index in [0.29, 0.717) is 16.3 Å². The molecule has 0 unspecified atom stereocenters. The average Bonchev–Trinajstić information content (AvgIpc) is 2.46. The van der Waals surface area contributed by atoms with Crippen molar-refractivity contribution in [3.8, 4) is 6.07 Å². The van der Waals surface area contributed by atoms with Crippen molar-refractivity contribution in [2.75, 3.05) is 19.4 Å². The smallest absolute Gasteiger partial charge is 0.322 e. The third-order valence-electron chi connectivity index (χ3n) is 1.60. The molecule has 0 bridgehead atoms. The van der Waals surface area contributed by atoms with Crippen molar-refractivity contribution in [3.05, 3.63) is 11.3 Å². The van der Waals surface area contributed by atoms with Gasteiger partial charge in [0.05, 0.1) is 5.69 Å². The van der Waals surface area contributed by atoms with Crippen molar-refractivity contribution in [2.24, 2.45) is 0 Å². The lowest BCUT2D eigenvalue weighted by Crippen LogP contribution is -2.27. The van der Waals surface area contributed by atoms with Gasteiger partial charge in [0.1, 0.15) is 16.6 Å². The van der Waals surface area contributed by atoms with E-state index in [-0.39, 0.29) is 6.03 Å². The van der Waals surface area contributed by atoms with Crippen LogP contribution >= 0.6 is 11.5 Å². The van der Waals surface area contributed by atoms with Crippen molar-refractivity contribution >= 4 is 22.6 Å². The number of carbonyl (C=O) groups excluding carboxylic acids is 1. The van der Waals surface area contributed by atoms with Crippen LogP contribution in [0.2, 0.25) is 0 Å². The van der Waals surface area contributed by atoms with Gasteiger partial charge in [-0.2, -0.15) is 9.64 Å². The molecule has 0 fully saturated rings. The summed E-state index contributed by atoms with van der Waals surface area (Å²) in [4.78, 5) is 12.7. The van der Waals surface area contributed by atoms with E-state index in [4.69, 9.17) is 5.26 Å². The summed E-state index contributed by atoms with van der Waals surface area (Å²) in [5.74, 6) is 0. The molecule has 0 aliphatic heterocycles.